The van der Waals surface area contributed by atoms with Crippen LogP contribution in [0.3, 0.4) is 0 Å². The van der Waals surface area contributed by atoms with Crippen molar-refractivity contribution in [3.8, 4) is 0 Å². The maximum atomic E-state index is 5.78. The van der Waals surface area contributed by atoms with E-state index < -0.39 is 0 Å². The van der Waals surface area contributed by atoms with Crippen molar-refractivity contribution >= 4 is 39.0 Å². The van der Waals surface area contributed by atoms with E-state index >= 15 is 0 Å². The van der Waals surface area contributed by atoms with Crippen LogP contribution in [0.15, 0.2) is 28.6 Å². The van der Waals surface area contributed by atoms with Crippen molar-refractivity contribution in [2.75, 3.05) is 5.73 Å². The molecule has 0 bridgehead atoms. The number of aryl methyl sites for hydroxylation is 2. The van der Waals surface area contributed by atoms with Gasteiger partial charge in [-0.3, -0.25) is 4.68 Å². The number of nitrogens with zero attached hydrogens (tertiary/aromatic N) is 3. The molecule has 98 valence electrons. The van der Waals surface area contributed by atoms with Gasteiger partial charge in [0.05, 0.1) is 15.9 Å². The number of hydrogen-bond acceptors (Lipinski definition) is 5. The Balaban J connectivity index is 1.80. The Bertz CT molecular complexity index is 729. The van der Waals surface area contributed by atoms with E-state index in [0.29, 0.717) is 0 Å². The Kier molecular flexibility index (Phi) is 3.20. The number of rotatable bonds is 3. The lowest BCUT2D eigenvalue weighted by Gasteiger charge is -1.98. The number of fused-ring (bicyclic) bond motifs is 1. The molecule has 0 unspecified atom stereocenters. The zero-order valence-electron chi connectivity index (χ0n) is 10.8. The highest BCUT2D eigenvalue weighted by Crippen LogP contribution is 2.32. The van der Waals surface area contributed by atoms with Crippen LogP contribution in [0.1, 0.15) is 11.4 Å². The Morgan fingerprint density at radius 1 is 1.37 bits per heavy atom. The first kappa shape index (κ1) is 12.5. The Hall–Kier alpha value is -1.53. The van der Waals surface area contributed by atoms with E-state index in [2.05, 4.69) is 16.1 Å². The fourth-order valence-corrected chi connectivity index (χ4v) is 4.05. The Labute approximate surface area is 119 Å². The number of aromatic nitrogens is 3. The largest absolute Gasteiger partial charge is 0.399 e. The van der Waals surface area contributed by atoms with Gasteiger partial charge in [0.2, 0.25) is 0 Å². The third kappa shape index (κ3) is 2.59. The molecular weight excluding hydrogens is 276 g/mol. The van der Waals surface area contributed by atoms with Crippen LogP contribution in [0, 0.1) is 6.92 Å². The molecule has 2 aromatic heterocycles. The molecule has 0 saturated carbocycles. The van der Waals surface area contributed by atoms with Crippen LogP contribution >= 0.6 is 23.1 Å². The van der Waals surface area contributed by atoms with Gasteiger partial charge in [-0.2, -0.15) is 5.10 Å². The van der Waals surface area contributed by atoms with Crippen molar-refractivity contribution < 1.29 is 0 Å². The van der Waals surface area contributed by atoms with Crippen molar-refractivity contribution in [2.45, 2.75) is 17.0 Å². The van der Waals surface area contributed by atoms with E-state index in [1.807, 2.05) is 36.9 Å². The molecule has 3 rings (SSSR count). The monoisotopic (exact) mass is 290 g/mol. The van der Waals surface area contributed by atoms with Crippen molar-refractivity contribution in [3.63, 3.8) is 0 Å². The van der Waals surface area contributed by atoms with E-state index in [1.165, 1.54) is 5.69 Å². The minimum Gasteiger partial charge on any atom is -0.399 e. The summed E-state index contributed by atoms with van der Waals surface area (Å²) in [5.74, 6) is 0.882. The standard InChI is InChI=1S/C13H14N4S2/c1-8-5-10(17(2)16-8)7-18-13-15-11-4-3-9(14)6-12(11)19-13/h3-6H,7,14H2,1-2H3. The number of thioether (sulfide) groups is 1. The summed E-state index contributed by atoms with van der Waals surface area (Å²) < 4.78 is 4.14. The van der Waals surface area contributed by atoms with E-state index in [4.69, 9.17) is 5.73 Å². The fraction of sp³-hybridized carbons (Fsp3) is 0.231. The van der Waals surface area contributed by atoms with Crippen LogP contribution in [-0.2, 0) is 12.8 Å². The summed E-state index contributed by atoms with van der Waals surface area (Å²) in [5.41, 5.74) is 9.85. The van der Waals surface area contributed by atoms with Crippen molar-refractivity contribution in [3.05, 3.63) is 35.7 Å². The number of anilines is 1. The second-order valence-corrected chi connectivity index (χ2v) is 6.65. The molecule has 19 heavy (non-hydrogen) atoms. The SMILES string of the molecule is Cc1cc(CSc2nc3ccc(N)cc3s2)n(C)n1. The second kappa shape index (κ2) is 4.86. The van der Waals surface area contributed by atoms with E-state index in [0.717, 1.165) is 31.7 Å². The molecular formula is C13H14N4S2. The van der Waals surface area contributed by atoms with Crippen LogP contribution in [0.25, 0.3) is 10.2 Å². The summed E-state index contributed by atoms with van der Waals surface area (Å²) in [5, 5.41) is 4.35. The van der Waals surface area contributed by atoms with E-state index in [9.17, 15) is 0 Å². The van der Waals surface area contributed by atoms with Crippen LogP contribution in [0.5, 0.6) is 0 Å². The number of nitrogens with two attached hydrogens (primary N) is 1. The molecule has 0 fully saturated rings. The van der Waals surface area contributed by atoms with Gasteiger partial charge in [0, 0.05) is 24.2 Å². The van der Waals surface area contributed by atoms with Crippen LogP contribution < -0.4 is 5.73 Å². The first-order valence-corrected chi connectivity index (χ1v) is 7.70. The average molecular weight is 290 g/mol. The molecule has 3 aromatic rings. The number of hydrogen-bond donors (Lipinski definition) is 1. The number of nitrogen functional groups attached to an aromatic ring is 1. The van der Waals surface area contributed by atoms with Gasteiger partial charge in [-0.1, -0.05) is 11.8 Å². The third-order valence-electron chi connectivity index (χ3n) is 2.84. The maximum absolute atomic E-state index is 5.78. The third-order valence-corrected chi connectivity index (χ3v) is 5.03. The van der Waals surface area contributed by atoms with Gasteiger partial charge >= 0.3 is 0 Å². The van der Waals surface area contributed by atoms with Crippen LogP contribution in [0.2, 0.25) is 0 Å². The van der Waals surface area contributed by atoms with Crippen LogP contribution in [0.4, 0.5) is 5.69 Å². The predicted octanol–water partition coefficient (Wildman–Crippen LogP) is 3.21. The van der Waals surface area contributed by atoms with Crippen molar-refractivity contribution in [2.24, 2.45) is 7.05 Å². The zero-order chi connectivity index (χ0) is 13.4. The predicted molar refractivity (Wildman–Crippen MR) is 81.5 cm³/mol. The molecule has 0 radical (unpaired) electrons. The summed E-state index contributed by atoms with van der Waals surface area (Å²) in [6, 6.07) is 7.95. The van der Waals surface area contributed by atoms with Gasteiger partial charge < -0.3 is 5.73 Å². The Morgan fingerprint density at radius 3 is 2.95 bits per heavy atom. The molecule has 6 heteroatoms. The molecule has 4 nitrogen and oxygen atoms in total. The lowest BCUT2D eigenvalue weighted by molar-refractivity contribution is 0.727. The topological polar surface area (TPSA) is 56.7 Å². The lowest BCUT2D eigenvalue weighted by Crippen LogP contribution is -1.95. The lowest BCUT2D eigenvalue weighted by atomic mass is 10.3. The van der Waals surface area contributed by atoms with Crippen molar-refractivity contribution in [1.82, 2.24) is 14.8 Å². The molecule has 0 atom stereocenters. The molecule has 1 aromatic carbocycles. The maximum Gasteiger partial charge on any atom is 0.151 e. The van der Waals surface area contributed by atoms with Gasteiger partial charge in [0.1, 0.15) is 0 Å². The highest BCUT2D eigenvalue weighted by atomic mass is 32.2. The normalized spacial score (nSPS) is 11.3. The van der Waals surface area contributed by atoms with Crippen LogP contribution in [-0.4, -0.2) is 14.8 Å². The molecule has 2 heterocycles. The summed E-state index contributed by atoms with van der Waals surface area (Å²) in [7, 11) is 1.97. The molecule has 0 saturated heterocycles. The van der Waals surface area contributed by atoms with E-state index in [-0.39, 0.29) is 0 Å². The first-order chi connectivity index (χ1) is 9.11. The van der Waals surface area contributed by atoms with Gasteiger partial charge in [-0.05, 0) is 31.2 Å². The van der Waals surface area contributed by atoms with E-state index in [1.54, 1.807) is 23.1 Å². The molecule has 0 aliphatic carbocycles. The van der Waals surface area contributed by atoms with Gasteiger partial charge in [0.15, 0.2) is 4.34 Å². The summed E-state index contributed by atoms with van der Waals surface area (Å²) in [6.07, 6.45) is 0. The molecule has 2 N–H and O–H groups in total. The second-order valence-electron chi connectivity index (χ2n) is 4.40. The fourth-order valence-electron chi connectivity index (χ4n) is 1.92. The number of thiazole rings is 1. The minimum atomic E-state index is 0.787. The summed E-state index contributed by atoms with van der Waals surface area (Å²) in [4.78, 5) is 4.60. The average Bonchev–Trinajstić information content (AvgIpc) is 2.89. The molecule has 0 amide bonds. The summed E-state index contributed by atoms with van der Waals surface area (Å²) in [6.45, 7) is 2.01. The van der Waals surface area contributed by atoms with Gasteiger partial charge in [-0.25, -0.2) is 4.98 Å². The molecule has 0 aliphatic heterocycles. The first-order valence-electron chi connectivity index (χ1n) is 5.90. The zero-order valence-corrected chi connectivity index (χ0v) is 12.4. The smallest absolute Gasteiger partial charge is 0.151 e. The minimum absolute atomic E-state index is 0.787. The number of benzene rings is 1. The van der Waals surface area contributed by atoms with Gasteiger partial charge in [-0.15, -0.1) is 11.3 Å². The summed E-state index contributed by atoms with van der Waals surface area (Å²) >= 11 is 3.42. The van der Waals surface area contributed by atoms with Crippen molar-refractivity contribution in [1.29, 1.82) is 0 Å². The highest BCUT2D eigenvalue weighted by Gasteiger charge is 2.07. The van der Waals surface area contributed by atoms with Gasteiger partial charge in [0.25, 0.3) is 0 Å². The molecule has 0 aliphatic rings. The quantitative estimate of drug-likeness (QED) is 0.594. The highest BCUT2D eigenvalue weighted by molar-refractivity contribution is 8.00. The molecule has 0 spiro atoms. The Morgan fingerprint density at radius 2 is 2.21 bits per heavy atom.